The first-order valence-corrected chi connectivity index (χ1v) is 10.8. The molecule has 1 aliphatic rings. The molecule has 3 aromatic carbocycles. The van der Waals surface area contributed by atoms with Gasteiger partial charge in [-0.1, -0.05) is 61.5 Å². The minimum Gasteiger partial charge on any atom is -0.354 e. The SMILES string of the molecule is CC1C=CC(c2cc(-c3ccc(CC=N)c4[nH]c5ccccc5c34)ccc2S)=CC1. The Morgan fingerprint density at radius 2 is 1.97 bits per heavy atom. The summed E-state index contributed by atoms with van der Waals surface area (Å²) in [5.74, 6) is 0.590. The first kappa shape index (κ1) is 19.0. The molecule has 0 amide bonds. The van der Waals surface area contributed by atoms with Gasteiger partial charge in [-0.2, -0.15) is 0 Å². The number of hydrogen-bond donors (Lipinski definition) is 3. The highest BCUT2D eigenvalue weighted by molar-refractivity contribution is 7.80. The van der Waals surface area contributed by atoms with Gasteiger partial charge in [0.05, 0.1) is 5.52 Å². The van der Waals surface area contributed by atoms with Gasteiger partial charge in [-0.25, -0.2) is 0 Å². The Kier molecular flexibility index (Phi) is 4.84. The van der Waals surface area contributed by atoms with Gasteiger partial charge in [0, 0.05) is 27.6 Å². The fraction of sp³-hybridized carbons (Fsp3) is 0.148. The van der Waals surface area contributed by atoms with Crippen LogP contribution in [0.4, 0.5) is 0 Å². The Hall–Kier alpha value is -3.04. The third-order valence-electron chi connectivity index (χ3n) is 6.00. The van der Waals surface area contributed by atoms with E-state index in [4.69, 9.17) is 18.0 Å². The van der Waals surface area contributed by atoms with Crippen molar-refractivity contribution in [2.45, 2.75) is 24.7 Å². The number of fused-ring (bicyclic) bond motifs is 3. The molecule has 30 heavy (non-hydrogen) atoms. The number of aromatic amines is 1. The maximum Gasteiger partial charge on any atom is 0.0507 e. The normalized spacial score (nSPS) is 16.2. The number of thiol groups is 1. The van der Waals surface area contributed by atoms with Crippen molar-refractivity contribution in [3.63, 3.8) is 0 Å². The van der Waals surface area contributed by atoms with Crippen LogP contribution >= 0.6 is 12.6 Å². The van der Waals surface area contributed by atoms with Crippen molar-refractivity contribution in [3.8, 4) is 11.1 Å². The molecule has 2 N–H and O–H groups in total. The lowest BCUT2D eigenvalue weighted by molar-refractivity contribution is 0.739. The second kappa shape index (κ2) is 7.66. The number of rotatable bonds is 4. The Morgan fingerprint density at radius 3 is 2.77 bits per heavy atom. The van der Waals surface area contributed by atoms with E-state index in [0.717, 1.165) is 27.9 Å². The molecule has 1 unspecified atom stereocenters. The molecule has 0 fully saturated rings. The predicted octanol–water partition coefficient (Wildman–Crippen LogP) is 7.45. The van der Waals surface area contributed by atoms with Crippen molar-refractivity contribution in [1.82, 2.24) is 4.98 Å². The third kappa shape index (κ3) is 3.20. The molecule has 0 saturated heterocycles. The molecular formula is C27H24N2S. The highest BCUT2D eigenvalue weighted by Gasteiger charge is 2.15. The number of hydrogen-bond acceptors (Lipinski definition) is 2. The van der Waals surface area contributed by atoms with Crippen molar-refractivity contribution >= 4 is 46.2 Å². The van der Waals surface area contributed by atoms with Crippen molar-refractivity contribution < 1.29 is 0 Å². The zero-order valence-corrected chi connectivity index (χ0v) is 17.8. The number of para-hydroxylation sites is 1. The first-order valence-electron chi connectivity index (χ1n) is 10.4. The summed E-state index contributed by atoms with van der Waals surface area (Å²) in [6, 6.07) is 19.3. The Balaban J connectivity index is 1.74. The highest BCUT2D eigenvalue weighted by Crippen LogP contribution is 2.39. The molecule has 0 aliphatic heterocycles. The van der Waals surface area contributed by atoms with Crippen LogP contribution in [-0.2, 0) is 6.42 Å². The number of aromatic nitrogens is 1. The second-order valence-corrected chi connectivity index (χ2v) is 8.55. The lowest BCUT2D eigenvalue weighted by atomic mass is 9.91. The van der Waals surface area contributed by atoms with Crippen LogP contribution in [0, 0.1) is 11.3 Å². The minimum atomic E-state index is 0.590. The number of nitrogens with one attached hydrogen (secondary N) is 2. The molecule has 5 rings (SSSR count). The summed E-state index contributed by atoms with van der Waals surface area (Å²) in [4.78, 5) is 4.59. The molecule has 1 heterocycles. The van der Waals surface area contributed by atoms with Crippen LogP contribution in [0.3, 0.4) is 0 Å². The Bertz CT molecular complexity index is 1340. The van der Waals surface area contributed by atoms with E-state index in [1.807, 2.05) is 0 Å². The summed E-state index contributed by atoms with van der Waals surface area (Å²) in [6.45, 7) is 2.24. The largest absolute Gasteiger partial charge is 0.354 e. The molecule has 1 aromatic heterocycles. The monoisotopic (exact) mass is 408 g/mol. The summed E-state index contributed by atoms with van der Waals surface area (Å²) >= 11 is 4.75. The van der Waals surface area contributed by atoms with Crippen LogP contribution in [-0.4, -0.2) is 11.2 Å². The smallest absolute Gasteiger partial charge is 0.0507 e. The van der Waals surface area contributed by atoms with E-state index >= 15 is 0 Å². The predicted molar refractivity (Wildman–Crippen MR) is 132 cm³/mol. The van der Waals surface area contributed by atoms with E-state index in [2.05, 4.69) is 84.7 Å². The maximum absolute atomic E-state index is 7.59. The van der Waals surface area contributed by atoms with E-state index in [9.17, 15) is 0 Å². The maximum atomic E-state index is 7.59. The van der Waals surface area contributed by atoms with Crippen molar-refractivity contribution in [2.75, 3.05) is 0 Å². The standard InChI is InChI=1S/C27H24N2S/c1-17-6-8-18(9-7-17)23-16-20(11-13-25(23)30)21-12-10-19(14-15-28)27-26(21)22-4-2-3-5-24(22)29-27/h2-6,8-13,15-17,28-30H,7,14H2,1H3. The van der Waals surface area contributed by atoms with E-state index in [1.54, 1.807) is 0 Å². The van der Waals surface area contributed by atoms with Crippen LogP contribution in [0.15, 0.2) is 77.7 Å². The van der Waals surface area contributed by atoms with Crippen molar-refractivity contribution in [3.05, 3.63) is 84.0 Å². The van der Waals surface area contributed by atoms with E-state index in [0.29, 0.717) is 12.3 Å². The van der Waals surface area contributed by atoms with Crippen LogP contribution < -0.4 is 0 Å². The fourth-order valence-electron chi connectivity index (χ4n) is 4.40. The molecule has 1 aliphatic carbocycles. The van der Waals surface area contributed by atoms with Gasteiger partial charge in [0.2, 0.25) is 0 Å². The molecule has 0 saturated carbocycles. The number of benzene rings is 3. The Labute approximate surface area is 182 Å². The highest BCUT2D eigenvalue weighted by atomic mass is 32.1. The van der Waals surface area contributed by atoms with Crippen molar-refractivity contribution in [1.29, 1.82) is 5.41 Å². The van der Waals surface area contributed by atoms with Gasteiger partial charge in [-0.05, 0) is 64.6 Å². The lowest BCUT2D eigenvalue weighted by Gasteiger charge is -2.15. The molecule has 1 atom stereocenters. The number of allylic oxidation sites excluding steroid dienone is 4. The Morgan fingerprint density at radius 1 is 1.10 bits per heavy atom. The zero-order chi connectivity index (χ0) is 20.7. The van der Waals surface area contributed by atoms with Gasteiger partial charge in [0.25, 0.3) is 0 Å². The second-order valence-electron chi connectivity index (χ2n) is 8.06. The van der Waals surface area contributed by atoms with Crippen molar-refractivity contribution in [2.24, 2.45) is 5.92 Å². The molecule has 0 radical (unpaired) electrons. The number of H-pyrrole nitrogens is 1. The van der Waals surface area contributed by atoms with Crippen LogP contribution in [0.25, 0.3) is 38.5 Å². The van der Waals surface area contributed by atoms with Crippen LogP contribution in [0.5, 0.6) is 0 Å². The van der Waals surface area contributed by atoms with E-state index in [1.165, 1.54) is 39.3 Å². The quantitative estimate of drug-likeness (QED) is 0.232. The topological polar surface area (TPSA) is 39.6 Å². The van der Waals surface area contributed by atoms with Crippen LogP contribution in [0.2, 0.25) is 0 Å². The average Bonchev–Trinajstić information content (AvgIpc) is 3.16. The average molecular weight is 409 g/mol. The lowest BCUT2D eigenvalue weighted by Crippen LogP contribution is -1.96. The van der Waals surface area contributed by atoms with Gasteiger partial charge in [-0.15, -0.1) is 12.6 Å². The van der Waals surface area contributed by atoms with Gasteiger partial charge in [-0.3, -0.25) is 0 Å². The van der Waals surface area contributed by atoms with E-state index < -0.39 is 0 Å². The zero-order valence-electron chi connectivity index (χ0n) is 16.9. The minimum absolute atomic E-state index is 0.590. The van der Waals surface area contributed by atoms with Gasteiger partial charge in [0.1, 0.15) is 0 Å². The molecule has 2 nitrogen and oxygen atoms in total. The fourth-order valence-corrected chi connectivity index (χ4v) is 4.66. The third-order valence-corrected chi connectivity index (χ3v) is 6.39. The molecule has 4 aromatic rings. The molecule has 0 spiro atoms. The molecular weight excluding hydrogens is 384 g/mol. The molecule has 0 bridgehead atoms. The summed E-state index contributed by atoms with van der Waals surface area (Å²) < 4.78 is 0. The van der Waals surface area contributed by atoms with Gasteiger partial charge >= 0.3 is 0 Å². The summed E-state index contributed by atoms with van der Waals surface area (Å²) in [5, 5.41) is 10.0. The van der Waals surface area contributed by atoms with E-state index in [-0.39, 0.29) is 0 Å². The summed E-state index contributed by atoms with van der Waals surface area (Å²) in [7, 11) is 0. The van der Waals surface area contributed by atoms with Gasteiger partial charge < -0.3 is 10.4 Å². The molecule has 148 valence electrons. The van der Waals surface area contributed by atoms with Crippen LogP contribution in [0.1, 0.15) is 24.5 Å². The van der Waals surface area contributed by atoms with Gasteiger partial charge in [0.15, 0.2) is 0 Å². The summed E-state index contributed by atoms with van der Waals surface area (Å²) in [5.41, 5.74) is 8.22. The first-order chi connectivity index (χ1) is 14.7. The molecule has 3 heteroatoms. The summed E-state index contributed by atoms with van der Waals surface area (Å²) in [6.07, 6.45) is 9.98.